The van der Waals surface area contributed by atoms with Crippen LogP contribution < -0.4 is 5.73 Å². The maximum absolute atomic E-state index is 6.36. The molecule has 0 radical (unpaired) electrons. The molecule has 0 aliphatic heterocycles. The third-order valence-electron chi connectivity index (χ3n) is 4.09. The van der Waals surface area contributed by atoms with Crippen molar-refractivity contribution in [3.8, 4) is 0 Å². The molecule has 1 fully saturated rings. The number of rotatable bonds is 8. The zero-order chi connectivity index (χ0) is 14.5. The highest BCUT2D eigenvalue weighted by molar-refractivity contribution is 9.10. The van der Waals surface area contributed by atoms with Crippen LogP contribution in [0.15, 0.2) is 28.7 Å². The van der Waals surface area contributed by atoms with Gasteiger partial charge in [-0.25, -0.2) is 0 Å². The quantitative estimate of drug-likeness (QED) is 0.763. The molecule has 0 aromatic heterocycles. The first kappa shape index (κ1) is 16.0. The van der Waals surface area contributed by atoms with Gasteiger partial charge in [-0.15, -0.1) is 0 Å². The summed E-state index contributed by atoms with van der Waals surface area (Å²) in [7, 11) is 0. The van der Waals surface area contributed by atoms with Crippen molar-refractivity contribution in [2.75, 3.05) is 13.1 Å². The van der Waals surface area contributed by atoms with Crippen molar-refractivity contribution >= 4 is 15.9 Å². The molecule has 1 aliphatic rings. The lowest BCUT2D eigenvalue weighted by Crippen LogP contribution is -2.31. The first-order valence-electron chi connectivity index (χ1n) is 7.82. The average Bonchev–Trinajstić information content (AvgIpc) is 3.23. The van der Waals surface area contributed by atoms with E-state index in [1.54, 1.807) is 0 Å². The predicted octanol–water partition coefficient (Wildman–Crippen LogP) is 4.35. The molecule has 2 nitrogen and oxygen atoms in total. The normalized spacial score (nSPS) is 16.9. The lowest BCUT2D eigenvalue weighted by molar-refractivity contribution is 0.239. The molecule has 1 atom stereocenters. The Hall–Kier alpha value is -0.380. The van der Waals surface area contributed by atoms with Crippen LogP contribution in [0, 0.1) is 5.92 Å². The fourth-order valence-electron chi connectivity index (χ4n) is 2.58. The molecular formula is C17H27BrN2. The number of nitrogens with two attached hydrogens (primary N) is 1. The molecular weight excluding hydrogens is 312 g/mol. The van der Waals surface area contributed by atoms with Gasteiger partial charge in [-0.1, -0.05) is 48.0 Å². The van der Waals surface area contributed by atoms with E-state index in [1.165, 1.54) is 31.4 Å². The monoisotopic (exact) mass is 338 g/mol. The van der Waals surface area contributed by atoms with Crippen molar-refractivity contribution in [1.82, 2.24) is 4.90 Å². The summed E-state index contributed by atoms with van der Waals surface area (Å²) in [5, 5.41) is 0. The van der Waals surface area contributed by atoms with Gasteiger partial charge in [-0.05, 0) is 49.8 Å². The van der Waals surface area contributed by atoms with Crippen molar-refractivity contribution in [1.29, 1.82) is 0 Å². The van der Waals surface area contributed by atoms with Crippen LogP contribution in [0.4, 0.5) is 0 Å². The summed E-state index contributed by atoms with van der Waals surface area (Å²) in [6, 6.07) is 9.28. The lowest BCUT2D eigenvalue weighted by Gasteiger charge is -2.25. The number of hydrogen-bond acceptors (Lipinski definition) is 2. The molecule has 1 aromatic carbocycles. The first-order chi connectivity index (χ1) is 9.58. The third-order valence-corrected chi connectivity index (χ3v) is 4.81. The Labute approximate surface area is 131 Å². The van der Waals surface area contributed by atoms with E-state index >= 15 is 0 Å². The Morgan fingerprint density at radius 1 is 1.20 bits per heavy atom. The Morgan fingerprint density at radius 3 is 2.45 bits per heavy atom. The van der Waals surface area contributed by atoms with Gasteiger partial charge in [0.25, 0.3) is 0 Å². The molecule has 20 heavy (non-hydrogen) atoms. The summed E-state index contributed by atoms with van der Waals surface area (Å²) in [6.45, 7) is 6.96. The topological polar surface area (TPSA) is 29.3 Å². The van der Waals surface area contributed by atoms with Crippen LogP contribution in [-0.2, 0) is 0 Å². The van der Waals surface area contributed by atoms with E-state index < -0.39 is 0 Å². The SMILES string of the molecule is CC(C)CCN(CCC(N)c1ccccc1Br)C1CC1. The van der Waals surface area contributed by atoms with E-state index in [1.807, 2.05) is 6.07 Å². The van der Waals surface area contributed by atoms with Crippen LogP contribution in [0.2, 0.25) is 0 Å². The molecule has 0 heterocycles. The Bertz CT molecular complexity index is 415. The highest BCUT2D eigenvalue weighted by atomic mass is 79.9. The minimum Gasteiger partial charge on any atom is -0.324 e. The van der Waals surface area contributed by atoms with Gasteiger partial charge in [-0.3, -0.25) is 0 Å². The van der Waals surface area contributed by atoms with Crippen LogP contribution in [0.5, 0.6) is 0 Å². The summed E-state index contributed by atoms with van der Waals surface area (Å²) in [5.41, 5.74) is 7.59. The molecule has 2 rings (SSSR count). The Morgan fingerprint density at radius 2 is 1.85 bits per heavy atom. The molecule has 1 aliphatic carbocycles. The second-order valence-corrected chi connectivity index (χ2v) is 7.22. The average molecular weight is 339 g/mol. The second kappa shape index (κ2) is 7.58. The highest BCUT2D eigenvalue weighted by Crippen LogP contribution is 2.29. The fourth-order valence-corrected chi connectivity index (χ4v) is 3.16. The second-order valence-electron chi connectivity index (χ2n) is 6.37. The van der Waals surface area contributed by atoms with E-state index in [2.05, 4.69) is 52.9 Å². The fraction of sp³-hybridized carbons (Fsp3) is 0.647. The first-order valence-corrected chi connectivity index (χ1v) is 8.61. The summed E-state index contributed by atoms with van der Waals surface area (Å²) in [6.07, 6.45) is 5.09. The van der Waals surface area contributed by atoms with Crippen molar-refractivity contribution in [2.45, 2.75) is 51.6 Å². The van der Waals surface area contributed by atoms with E-state index in [0.717, 1.165) is 29.4 Å². The van der Waals surface area contributed by atoms with Gasteiger partial charge in [0, 0.05) is 23.1 Å². The molecule has 0 amide bonds. The van der Waals surface area contributed by atoms with E-state index in [4.69, 9.17) is 5.73 Å². The van der Waals surface area contributed by atoms with Gasteiger partial charge < -0.3 is 10.6 Å². The lowest BCUT2D eigenvalue weighted by atomic mass is 10.0. The van der Waals surface area contributed by atoms with Crippen LogP contribution >= 0.6 is 15.9 Å². The standard InChI is InChI=1S/C17H27BrN2/c1-13(2)9-11-20(14-7-8-14)12-10-17(19)15-5-3-4-6-16(15)18/h3-6,13-14,17H,7-12,19H2,1-2H3. The number of benzene rings is 1. The minimum absolute atomic E-state index is 0.130. The van der Waals surface area contributed by atoms with Gasteiger partial charge in [-0.2, -0.15) is 0 Å². The van der Waals surface area contributed by atoms with Crippen LogP contribution in [0.1, 0.15) is 51.1 Å². The number of nitrogens with zero attached hydrogens (tertiary/aromatic N) is 1. The van der Waals surface area contributed by atoms with E-state index in [0.29, 0.717) is 0 Å². The van der Waals surface area contributed by atoms with Crippen molar-refractivity contribution in [2.24, 2.45) is 11.7 Å². The third kappa shape index (κ3) is 4.87. The maximum atomic E-state index is 6.36. The minimum atomic E-state index is 0.130. The Balaban J connectivity index is 1.84. The summed E-state index contributed by atoms with van der Waals surface area (Å²) in [5.74, 6) is 0.785. The predicted molar refractivity (Wildman–Crippen MR) is 89.7 cm³/mol. The van der Waals surface area contributed by atoms with Gasteiger partial charge in [0.1, 0.15) is 0 Å². The zero-order valence-electron chi connectivity index (χ0n) is 12.7. The van der Waals surface area contributed by atoms with E-state index in [-0.39, 0.29) is 6.04 Å². The summed E-state index contributed by atoms with van der Waals surface area (Å²) >= 11 is 3.60. The molecule has 2 N–H and O–H groups in total. The Kier molecular flexibility index (Phi) is 6.06. The van der Waals surface area contributed by atoms with Gasteiger partial charge in [0.15, 0.2) is 0 Å². The van der Waals surface area contributed by atoms with Crippen molar-refractivity contribution in [3.05, 3.63) is 34.3 Å². The molecule has 1 unspecified atom stereocenters. The largest absolute Gasteiger partial charge is 0.324 e. The summed E-state index contributed by atoms with van der Waals surface area (Å²) in [4.78, 5) is 2.65. The molecule has 3 heteroatoms. The molecule has 1 aromatic rings. The van der Waals surface area contributed by atoms with Crippen molar-refractivity contribution in [3.63, 3.8) is 0 Å². The van der Waals surface area contributed by atoms with Crippen LogP contribution in [-0.4, -0.2) is 24.0 Å². The zero-order valence-corrected chi connectivity index (χ0v) is 14.3. The van der Waals surface area contributed by atoms with Gasteiger partial charge in [0.2, 0.25) is 0 Å². The highest BCUT2D eigenvalue weighted by Gasteiger charge is 2.28. The molecule has 1 saturated carbocycles. The molecule has 0 spiro atoms. The van der Waals surface area contributed by atoms with E-state index in [9.17, 15) is 0 Å². The van der Waals surface area contributed by atoms with Gasteiger partial charge in [0.05, 0.1) is 0 Å². The smallest absolute Gasteiger partial charge is 0.0318 e. The molecule has 0 bridgehead atoms. The molecule has 0 saturated heterocycles. The number of hydrogen-bond donors (Lipinski definition) is 1. The maximum Gasteiger partial charge on any atom is 0.0318 e. The summed E-state index contributed by atoms with van der Waals surface area (Å²) < 4.78 is 1.13. The van der Waals surface area contributed by atoms with Crippen molar-refractivity contribution < 1.29 is 0 Å². The van der Waals surface area contributed by atoms with Crippen LogP contribution in [0.3, 0.4) is 0 Å². The number of halogens is 1. The molecule has 112 valence electrons. The van der Waals surface area contributed by atoms with Crippen LogP contribution in [0.25, 0.3) is 0 Å². The van der Waals surface area contributed by atoms with Gasteiger partial charge >= 0.3 is 0 Å².